The number of halogens is 2. The average molecular weight is 262 g/mol. The van der Waals surface area contributed by atoms with Gasteiger partial charge in [0.05, 0.1) is 12.7 Å². The first kappa shape index (κ1) is 13.2. The van der Waals surface area contributed by atoms with Crippen LogP contribution < -0.4 is 4.74 Å². The van der Waals surface area contributed by atoms with Gasteiger partial charge in [0.1, 0.15) is 17.4 Å². The molecule has 0 aromatic heterocycles. The molecule has 0 N–H and O–H groups in total. The maximum atomic E-state index is 13.5. The number of carbonyl (C=O) groups is 1. The summed E-state index contributed by atoms with van der Waals surface area (Å²) < 4.78 is 31.7. The minimum atomic E-state index is -0.721. The quantitative estimate of drug-likeness (QED) is 0.789. The summed E-state index contributed by atoms with van der Waals surface area (Å²) >= 11 is 0. The molecule has 19 heavy (non-hydrogen) atoms. The van der Waals surface area contributed by atoms with Crippen molar-refractivity contribution < 1.29 is 18.3 Å². The number of para-hydroxylation sites is 1. The Morgan fingerprint density at radius 2 is 1.89 bits per heavy atom. The lowest BCUT2D eigenvalue weighted by atomic mass is 10.0. The molecule has 0 aliphatic rings. The van der Waals surface area contributed by atoms with Crippen LogP contribution in [0.15, 0.2) is 42.5 Å². The van der Waals surface area contributed by atoms with Crippen LogP contribution in [0.25, 0.3) is 0 Å². The molecule has 0 saturated heterocycles. The fourth-order valence-electron chi connectivity index (χ4n) is 1.83. The third-order valence-electron chi connectivity index (χ3n) is 2.77. The molecular weight excluding hydrogens is 250 g/mol. The van der Waals surface area contributed by atoms with Gasteiger partial charge in [-0.1, -0.05) is 18.2 Å². The second-order valence-corrected chi connectivity index (χ2v) is 4.04. The number of ketones is 1. The highest BCUT2D eigenvalue weighted by molar-refractivity contribution is 5.98. The van der Waals surface area contributed by atoms with E-state index in [2.05, 4.69) is 0 Å². The molecule has 0 amide bonds. The first-order valence-corrected chi connectivity index (χ1v) is 5.72. The zero-order valence-electron chi connectivity index (χ0n) is 10.3. The van der Waals surface area contributed by atoms with Gasteiger partial charge in [0, 0.05) is 12.0 Å². The third-order valence-corrected chi connectivity index (χ3v) is 2.77. The van der Waals surface area contributed by atoms with E-state index >= 15 is 0 Å². The number of methoxy groups -OCH3 is 1. The number of hydrogen-bond donors (Lipinski definition) is 0. The smallest absolute Gasteiger partial charge is 0.170 e. The molecule has 4 heteroatoms. The highest BCUT2D eigenvalue weighted by Crippen LogP contribution is 2.20. The first-order valence-electron chi connectivity index (χ1n) is 5.72. The predicted molar refractivity (Wildman–Crippen MR) is 67.4 cm³/mol. The fourth-order valence-corrected chi connectivity index (χ4v) is 1.83. The van der Waals surface area contributed by atoms with Gasteiger partial charge >= 0.3 is 0 Å². The molecule has 2 aromatic carbocycles. The molecule has 0 heterocycles. The van der Waals surface area contributed by atoms with Crippen molar-refractivity contribution in [3.05, 3.63) is 65.2 Å². The molecule has 0 fully saturated rings. The average Bonchev–Trinajstić information content (AvgIpc) is 2.42. The highest BCUT2D eigenvalue weighted by Gasteiger charge is 2.15. The second-order valence-electron chi connectivity index (χ2n) is 4.04. The highest BCUT2D eigenvalue weighted by atomic mass is 19.1. The van der Waals surface area contributed by atoms with E-state index in [1.165, 1.54) is 7.11 Å². The molecule has 2 nitrogen and oxygen atoms in total. The first-order chi connectivity index (χ1) is 9.11. The zero-order valence-corrected chi connectivity index (χ0v) is 10.3. The molecule has 98 valence electrons. The molecule has 0 atom stereocenters. The van der Waals surface area contributed by atoms with Gasteiger partial charge in [-0.05, 0) is 24.3 Å². The lowest BCUT2D eigenvalue weighted by Gasteiger charge is -2.08. The molecule has 0 radical (unpaired) electrons. The Balaban J connectivity index is 2.28. The van der Waals surface area contributed by atoms with Crippen LogP contribution >= 0.6 is 0 Å². The van der Waals surface area contributed by atoms with Crippen molar-refractivity contribution in [1.82, 2.24) is 0 Å². The van der Waals surface area contributed by atoms with Crippen molar-refractivity contribution in [3.63, 3.8) is 0 Å². The van der Waals surface area contributed by atoms with Crippen molar-refractivity contribution in [2.24, 2.45) is 0 Å². The summed E-state index contributed by atoms with van der Waals surface area (Å²) in [4.78, 5) is 12.0. The Kier molecular flexibility index (Phi) is 3.90. The van der Waals surface area contributed by atoms with Gasteiger partial charge in [-0.3, -0.25) is 4.79 Å². The van der Waals surface area contributed by atoms with Crippen LogP contribution in [-0.2, 0) is 6.42 Å². The predicted octanol–water partition coefficient (Wildman–Crippen LogP) is 3.40. The van der Waals surface area contributed by atoms with Crippen LogP contribution in [0.3, 0.4) is 0 Å². The number of carbonyl (C=O) groups excluding carboxylic acids is 1. The van der Waals surface area contributed by atoms with E-state index in [9.17, 15) is 13.6 Å². The van der Waals surface area contributed by atoms with Crippen molar-refractivity contribution in [2.45, 2.75) is 6.42 Å². The summed E-state index contributed by atoms with van der Waals surface area (Å²) in [6, 6.07) is 9.80. The number of benzene rings is 2. The van der Waals surface area contributed by atoms with Gasteiger partial charge < -0.3 is 4.74 Å². The summed E-state index contributed by atoms with van der Waals surface area (Å²) in [5.74, 6) is -1.29. The SMILES string of the molecule is COc1ccccc1CC(=O)c1cc(F)ccc1F. The molecule has 0 bridgehead atoms. The van der Waals surface area contributed by atoms with Gasteiger partial charge in [0.25, 0.3) is 0 Å². The third kappa shape index (κ3) is 2.96. The van der Waals surface area contributed by atoms with Crippen molar-refractivity contribution in [3.8, 4) is 5.75 Å². The van der Waals surface area contributed by atoms with E-state index in [0.717, 1.165) is 18.2 Å². The van der Waals surface area contributed by atoms with Crippen LogP contribution in [0.1, 0.15) is 15.9 Å². The lowest BCUT2D eigenvalue weighted by molar-refractivity contribution is 0.0987. The standard InChI is InChI=1S/C15H12F2O2/c1-19-15-5-3-2-4-10(15)8-14(18)12-9-11(16)6-7-13(12)17/h2-7,9H,8H2,1H3. The largest absolute Gasteiger partial charge is 0.496 e. The van der Waals surface area contributed by atoms with E-state index in [-0.39, 0.29) is 12.0 Å². The van der Waals surface area contributed by atoms with Crippen LogP contribution in [0, 0.1) is 11.6 Å². The van der Waals surface area contributed by atoms with E-state index in [0.29, 0.717) is 11.3 Å². The molecule has 0 spiro atoms. The van der Waals surface area contributed by atoms with Gasteiger partial charge in [0.15, 0.2) is 5.78 Å². The molecule has 0 aliphatic heterocycles. The second kappa shape index (κ2) is 5.61. The Morgan fingerprint density at radius 1 is 1.16 bits per heavy atom. The fraction of sp³-hybridized carbons (Fsp3) is 0.133. The zero-order chi connectivity index (χ0) is 13.8. The van der Waals surface area contributed by atoms with E-state index in [4.69, 9.17) is 4.74 Å². The summed E-state index contributed by atoms with van der Waals surface area (Å²) in [7, 11) is 1.49. The summed E-state index contributed by atoms with van der Waals surface area (Å²) in [5, 5.41) is 0. The normalized spacial score (nSPS) is 10.3. The minimum Gasteiger partial charge on any atom is -0.496 e. The van der Waals surface area contributed by atoms with E-state index in [1.54, 1.807) is 24.3 Å². The van der Waals surface area contributed by atoms with Crippen molar-refractivity contribution in [1.29, 1.82) is 0 Å². The van der Waals surface area contributed by atoms with Gasteiger partial charge in [0.2, 0.25) is 0 Å². The van der Waals surface area contributed by atoms with Crippen LogP contribution in [-0.4, -0.2) is 12.9 Å². The minimum absolute atomic E-state index is 0.0373. The Labute approximate surface area is 109 Å². The number of rotatable bonds is 4. The number of Topliss-reactive ketones (excluding diaryl/α,β-unsaturated/α-hetero) is 1. The van der Waals surface area contributed by atoms with E-state index in [1.807, 2.05) is 0 Å². The van der Waals surface area contributed by atoms with Crippen molar-refractivity contribution >= 4 is 5.78 Å². The molecule has 2 rings (SSSR count). The van der Waals surface area contributed by atoms with Crippen LogP contribution in [0.2, 0.25) is 0 Å². The van der Waals surface area contributed by atoms with Gasteiger partial charge in [-0.25, -0.2) is 8.78 Å². The number of ether oxygens (including phenoxy) is 1. The van der Waals surface area contributed by atoms with Gasteiger partial charge in [-0.15, -0.1) is 0 Å². The maximum Gasteiger partial charge on any atom is 0.170 e. The van der Waals surface area contributed by atoms with Crippen molar-refractivity contribution in [2.75, 3.05) is 7.11 Å². The van der Waals surface area contributed by atoms with Crippen LogP contribution in [0.4, 0.5) is 8.78 Å². The molecule has 0 aliphatic carbocycles. The monoisotopic (exact) mass is 262 g/mol. The summed E-state index contributed by atoms with van der Waals surface area (Å²) in [5.41, 5.74) is 0.393. The summed E-state index contributed by atoms with van der Waals surface area (Å²) in [6.07, 6.45) is -0.0373. The maximum absolute atomic E-state index is 13.5. The summed E-state index contributed by atoms with van der Waals surface area (Å²) in [6.45, 7) is 0. The Bertz CT molecular complexity index is 609. The van der Waals surface area contributed by atoms with Crippen LogP contribution in [0.5, 0.6) is 5.75 Å². The topological polar surface area (TPSA) is 26.3 Å². The number of hydrogen-bond acceptors (Lipinski definition) is 2. The molecule has 0 saturated carbocycles. The Hall–Kier alpha value is -2.23. The van der Waals surface area contributed by atoms with Gasteiger partial charge in [-0.2, -0.15) is 0 Å². The molecule has 2 aromatic rings. The molecular formula is C15H12F2O2. The lowest BCUT2D eigenvalue weighted by Crippen LogP contribution is -2.07. The molecule has 0 unspecified atom stereocenters. The van der Waals surface area contributed by atoms with E-state index < -0.39 is 17.4 Å². The Morgan fingerprint density at radius 3 is 2.63 bits per heavy atom.